The molecule has 1 N–H and O–H groups in total. The molecule has 6 nitrogen and oxygen atoms in total. The van der Waals surface area contributed by atoms with Gasteiger partial charge in [-0.1, -0.05) is 42.0 Å². The van der Waals surface area contributed by atoms with E-state index in [-0.39, 0.29) is 11.9 Å². The van der Waals surface area contributed by atoms with E-state index in [1.165, 1.54) is 11.1 Å². The first-order chi connectivity index (χ1) is 15.5. The largest absolute Gasteiger partial charge is 0.493 e. The molecule has 4 rings (SSSR count). The highest BCUT2D eigenvalue weighted by atomic mass is 16.5. The summed E-state index contributed by atoms with van der Waals surface area (Å²) >= 11 is 0. The molecule has 4 aromatic rings. The van der Waals surface area contributed by atoms with Crippen LogP contribution in [-0.2, 0) is 6.54 Å². The SMILES string of the molecule is COc1ccc(C(=O)NC(C)c2nc3ccccc3n2Cc2ccc(C)cc2)cc1OC. The lowest BCUT2D eigenvalue weighted by Gasteiger charge is -2.17. The minimum absolute atomic E-state index is 0.201. The van der Waals surface area contributed by atoms with E-state index in [9.17, 15) is 4.79 Å². The topological polar surface area (TPSA) is 65.4 Å². The van der Waals surface area contributed by atoms with Gasteiger partial charge in [-0.25, -0.2) is 4.98 Å². The molecule has 0 radical (unpaired) electrons. The van der Waals surface area contributed by atoms with Crippen LogP contribution in [0, 0.1) is 6.92 Å². The summed E-state index contributed by atoms with van der Waals surface area (Å²) in [5, 5.41) is 3.08. The Hall–Kier alpha value is -3.80. The van der Waals surface area contributed by atoms with Gasteiger partial charge < -0.3 is 19.4 Å². The van der Waals surface area contributed by atoms with Crippen molar-refractivity contribution in [3.63, 3.8) is 0 Å². The van der Waals surface area contributed by atoms with Crippen LogP contribution in [-0.4, -0.2) is 29.7 Å². The summed E-state index contributed by atoms with van der Waals surface area (Å²) in [4.78, 5) is 17.8. The Bertz CT molecular complexity index is 1250. The number of benzene rings is 3. The van der Waals surface area contributed by atoms with Crippen molar-refractivity contribution >= 4 is 16.9 Å². The van der Waals surface area contributed by atoms with Crippen molar-refractivity contribution in [2.24, 2.45) is 0 Å². The second-order valence-corrected chi connectivity index (χ2v) is 7.80. The van der Waals surface area contributed by atoms with Crippen LogP contribution in [0.3, 0.4) is 0 Å². The number of fused-ring (bicyclic) bond motifs is 1. The number of aromatic nitrogens is 2. The summed E-state index contributed by atoms with van der Waals surface area (Å²) < 4.78 is 12.8. The standard InChI is InChI=1S/C26H27N3O3/c1-17-9-11-19(12-10-17)16-29-22-8-6-5-7-21(22)28-25(29)18(2)27-26(30)20-13-14-23(31-3)24(15-20)32-4/h5-15,18H,16H2,1-4H3,(H,27,30). The minimum Gasteiger partial charge on any atom is -0.493 e. The third kappa shape index (κ3) is 4.30. The highest BCUT2D eigenvalue weighted by Gasteiger charge is 2.20. The molecule has 6 heteroatoms. The molecule has 0 saturated carbocycles. The van der Waals surface area contributed by atoms with E-state index in [4.69, 9.17) is 14.5 Å². The van der Waals surface area contributed by atoms with Gasteiger partial charge in [0.25, 0.3) is 5.91 Å². The van der Waals surface area contributed by atoms with Crippen molar-refractivity contribution < 1.29 is 14.3 Å². The Kier molecular flexibility index (Phi) is 6.12. The monoisotopic (exact) mass is 429 g/mol. The zero-order valence-corrected chi connectivity index (χ0v) is 18.8. The molecule has 0 spiro atoms. The molecule has 0 aliphatic heterocycles. The van der Waals surface area contributed by atoms with Crippen molar-refractivity contribution in [1.82, 2.24) is 14.9 Å². The van der Waals surface area contributed by atoms with Crippen molar-refractivity contribution in [3.8, 4) is 11.5 Å². The van der Waals surface area contributed by atoms with E-state index < -0.39 is 0 Å². The molecule has 0 aliphatic rings. The van der Waals surface area contributed by atoms with Gasteiger partial charge in [0.1, 0.15) is 5.82 Å². The van der Waals surface area contributed by atoms with Crippen molar-refractivity contribution in [1.29, 1.82) is 0 Å². The van der Waals surface area contributed by atoms with E-state index in [0.29, 0.717) is 23.6 Å². The molecule has 1 atom stereocenters. The van der Waals surface area contributed by atoms with Gasteiger partial charge in [0.15, 0.2) is 11.5 Å². The van der Waals surface area contributed by atoms with E-state index in [0.717, 1.165) is 16.9 Å². The van der Waals surface area contributed by atoms with Crippen LogP contribution in [0.25, 0.3) is 11.0 Å². The number of aryl methyl sites for hydroxylation is 1. The first-order valence-electron chi connectivity index (χ1n) is 10.5. The molecule has 0 bridgehead atoms. The van der Waals surface area contributed by atoms with Crippen LogP contribution in [0.1, 0.15) is 40.3 Å². The maximum absolute atomic E-state index is 13.0. The molecule has 0 fully saturated rings. The second kappa shape index (κ2) is 9.14. The predicted molar refractivity (Wildman–Crippen MR) is 125 cm³/mol. The number of rotatable bonds is 7. The number of imidazole rings is 1. The zero-order valence-electron chi connectivity index (χ0n) is 18.8. The van der Waals surface area contributed by atoms with E-state index in [1.807, 2.05) is 25.1 Å². The predicted octanol–water partition coefficient (Wildman–Crippen LogP) is 4.90. The van der Waals surface area contributed by atoms with E-state index in [1.54, 1.807) is 32.4 Å². The summed E-state index contributed by atoms with van der Waals surface area (Å²) in [7, 11) is 3.12. The minimum atomic E-state index is -0.298. The number of nitrogens with zero attached hydrogens (tertiary/aromatic N) is 2. The van der Waals surface area contributed by atoms with E-state index in [2.05, 4.69) is 47.1 Å². The van der Waals surface area contributed by atoms with Crippen molar-refractivity contribution in [2.45, 2.75) is 26.4 Å². The van der Waals surface area contributed by atoms with Crippen LogP contribution in [0.4, 0.5) is 0 Å². The van der Waals surface area contributed by atoms with Crippen molar-refractivity contribution in [2.75, 3.05) is 14.2 Å². The Balaban J connectivity index is 1.64. The van der Waals surface area contributed by atoms with Crippen molar-refractivity contribution in [3.05, 3.63) is 89.2 Å². The molecular formula is C26H27N3O3. The van der Waals surface area contributed by atoms with Crippen LogP contribution < -0.4 is 14.8 Å². The molecule has 1 unspecified atom stereocenters. The van der Waals surface area contributed by atoms with Gasteiger partial charge in [-0.2, -0.15) is 0 Å². The number of hydrogen-bond acceptors (Lipinski definition) is 4. The van der Waals surface area contributed by atoms with Crippen LogP contribution in [0.2, 0.25) is 0 Å². The molecule has 32 heavy (non-hydrogen) atoms. The molecule has 1 heterocycles. The lowest BCUT2D eigenvalue weighted by Crippen LogP contribution is -2.29. The van der Waals surface area contributed by atoms with Gasteiger partial charge in [0.2, 0.25) is 0 Å². The summed E-state index contributed by atoms with van der Waals surface area (Å²) in [6.07, 6.45) is 0. The number of carbonyl (C=O) groups is 1. The highest BCUT2D eigenvalue weighted by molar-refractivity contribution is 5.95. The third-order valence-corrected chi connectivity index (χ3v) is 5.53. The third-order valence-electron chi connectivity index (χ3n) is 5.53. The molecule has 0 aliphatic carbocycles. The first-order valence-corrected chi connectivity index (χ1v) is 10.5. The molecular weight excluding hydrogens is 402 g/mol. The van der Waals surface area contributed by atoms with Gasteiger partial charge in [-0.3, -0.25) is 4.79 Å². The number of amides is 1. The number of carbonyl (C=O) groups excluding carboxylic acids is 1. The van der Waals surface area contributed by atoms with Crippen LogP contribution >= 0.6 is 0 Å². The molecule has 1 aromatic heterocycles. The Morgan fingerprint density at radius 1 is 1.00 bits per heavy atom. The maximum atomic E-state index is 13.0. The highest BCUT2D eigenvalue weighted by Crippen LogP contribution is 2.28. The number of para-hydroxylation sites is 2. The summed E-state index contributed by atoms with van der Waals surface area (Å²) in [6.45, 7) is 4.70. The normalized spacial score (nSPS) is 11.9. The van der Waals surface area contributed by atoms with Crippen LogP contribution in [0.5, 0.6) is 11.5 Å². The van der Waals surface area contributed by atoms with Gasteiger partial charge in [0, 0.05) is 12.1 Å². The lowest BCUT2D eigenvalue weighted by molar-refractivity contribution is 0.0937. The fourth-order valence-electron chi connectivity index (χ4n) is 3.79. The number of hydrogen-bond donors (Lipinski definition) is 1. The van der Waals surface area contributed by atoms with Gasteiger partial charge in [-0.05, 0) is 49.7 Å². The number of nitrogens with one attached hydrogen (secondary N) is 1. The van der Waals surface area contributed by atoms with Gasteiger partial charge in [0.05, 0.1) is 31.3 Å². The fraction of sp³-hybridized carbons (Fsp3) is 0.231. The average molecular weight is 430 g/mol. The first kappa shape index (κ1) is 21.4. The smallest absolute Gasteiger partial charge is 0.251 e. The zero-order chi connectivity index (χ0) is 22.7. The second-order valence-electron chi connectivity index (χ2n) is 7.80. The summed E-state index contributed by atoms with van der Waals surface area (Å²) in [5.41, 5.74) is 4.84. The van der Waals surface area contributed by atoms with Crippen LogP contribution in [0.15, 0.2) is 66.7 Å². The molecule has 0 saturated heterocycles. The maximum Gasteiger partial charge on any atom is 0.251 e. The number of methoxy groups -OCH3 is 2. The van der Waals surface area contributed by atoms with E-state index >= 15 is 0 Å². The summed E-state index contributed by atoms with van der Waals surface area (Å²) in [5.74, 6) is 1.70. The van der Waals surface area contributed by atoms with Gasteiger partial charge in [-0.15, -0.1) is 0 Å². The Labute approximate surface area is 187 Å². The Morgan fingerprint density at radius 3 is 2.44 bits per heavy atom. The summed E-state index contributed by atoms with van der Waals surface area (Å²) in [6, 6.07) is 21.3. The quantitative estimate of drug-likeness (QED) is 0.454. The lowest BCUT2D eigenvalue weighted by atomic mass is 10.1. The number of ether oxygens (including phenoxy) is 2. The fourth-order valence-corrected chi connectivity index (χ4v) is 3.79. The average Bonchev–Trinajstić information content (AvgIpc) is 3.18. The molecule has 164 valence electrons. The Morgan fingerprint density at radius 2 is 1.72 bits per heavy atom. The molecule has 3 aromatic carbocycles. The molecule has 1 amide bonds. The van der Waals surface area contributed by atoms with Gasteiger partial charge >= 0.3 is 0 Å².